The van der Waals surface area contributed by atoms with Crippen LogP contribution in [0.1, 0.15) is 12.0 Å². The van der Waals surface area contributed by atoms with Crippen LogP contribution in [0.5, 0.6) is 0 Å². The third kappa shape index (κ3) is 2.53. The van der Waals surface area contributed by atoms with Gasteiger partial charge in [0.15, 0.2) is 0 Å². The Hall–Kier alpha value is -0.250. The molecule has 0 bridgehead atoms. The van der Waals surface area contributed by atoms with Gasteiger partial charge in [-0.25, -0.2) is 0 Å². The predicted molar refractivity (Wildman–Crippen MR) is 71.7 cm³/mol. The van der Waals surface area contributed by atoms with Crippen LogP contribution in [0.25, 0.3) is 0 Å². The number of halogens is 2. The molecule has 1 saturated heterocycles. The van der Waals surface area contributed by atoms with E-state index in [1.54, 1.807) is 0 Å². The normalized spacial score (nSPS) is 20.1. The highest BCUT2D eigenvalue weighted by Gasteiger charge is 2.20. The molecule has 88 valence electrons. The van der Waals surface area contributed by atoms with Crippen LogP contribution in [0.15, 0.2) is 18.2 Å². The van der Waals surface area contributed by atoms with E-state index in [1.807, 2.05) is 6.07 Å². The molecule has 1 aromatic rings. The van der Waals surface area contributed by atoms with Gasteiger partial charge in [0.2, 0.25) is 0 Å². The highest BCUT2D eigenvalue weighted by molar-refractivity contribution is 9.08. The predicted octanol–water partition coefficient (Wildman–Crippen LogP) is 3.46. The fourth-order valence-electron chi connectivity index (χ4n) is 1.90. The number of hydrogen-bond acceptors (Lipinski definition) is 2. The summed E-state index contributed by atoms with van der Waals surface area (Å²) < 4.78 is 5.39. The molecule has 2 rings (SSSR count). The summed E-state index contributed by atoms with van der Waals surface area (Å²) in [5.41, 5.74) is 2.28. The number of anilines is 1. The number of ether oxygens (including phenoxy) is 1. The third-order valence-corrected chi connectivity index (χ3v) is 4.00. The fourth-order valence-corrected chi connectivity index (χ4v) is 2.79. The van der Waals surface area contributed by atoms with Crippen molar-refractivity contribution in [1.82, 2.24) is 0 Å². The zero-order valence-electron chi connectivity index (χ0n) is 9.25. The fraction of sp³-hybridized carbons (Fsp3) is 0.500. The van der Waals surface area contributed by atoms with Crippen molar-refractivity contribution >= 4 is 33.2 Å². The summed E-state index contributed by atoms with van der Waals surface area (Å²) in [7, 11) is 2.10. The van der Waals surface area contributed by atoms with Gasteiger partial charge in [0.1, 0.15) is 0 Å². The maximum Gasteiger partial charge on any atom is 0.0670 e. The smallest absolute Gasteiger partial charge is 0.0670 e. The molecule has 0 radical (unpaired) electrons. The average Bonchev–Trinajstić information content (AvgIpc) is 2.81. The van der Waals surface area contributed by atoms with Gasteiger partial charge in [-0.15, -0.1) is 0 Å². The van der Waals surface area contributed by atoms with Crippen molar-refractivity contribution in [2.24, 2.45) is 0 Å². The molecule has 1 aliphatic rings. The molecule has 0 aromatic heterocycles. The average molecular weight is 305 g/mol. The number of likely N-dealkylation sites (N-methyl/N-ethyl adjacent to an activating group) is 1. The van der Waals surface area contributed by atoms with Crippen LogP contribution in [0.2, 0.25) is 5.02 Å². The molecule has 2 nitrogen and oxygen atoms in total. The monoisotopic (exact) mass is 303 g/mol. The van der Waals surface area contributed by atoms with Gasteiger partial charge in [-0.2, -0.15) is 0 Å². The van der Waals surface area contributed by atoms with Crippen LogP contribution in [0.3, 0.4) is 0 Å². The zero-order chi connectivity index (χ0) is 11.5. The molecule has 0 amide bonds. The second-order valence-electron chi connectivity index (χ2n) is 4.04. The highest BCUT2D eigenvalue weighted by atomic mass is 79.9. The van der Waals surface area contributed by atoms with Crippen LogP contribution in [0.4, 0.5) is 5.69 Å². The van der Waals surface area contributed by atoms with Crippen LogP contribution in [-0.4, -0.2) is 26.3 Å². The van der Waals surface area contributed by atoms with Gasteiger partial charge in [-0.3, -0.25) is 0 Å². The number of hydrogen-bond donors (Lipinski definition) is 0. The summed E-state index contributed by atoms with van der Waals surface area (Å²) in [5, 5.41) is 1.61. The van der Waals surface area contributed by atoms with Crippen molar-refractivity contribution in [3.8, 4) is 0 Å². The number of benzene rings is 1. The molecule has 0 N–H and O–H groups in total. The standard InChI is InChI=1S/C12H15BrClNO/c1-15(11-4-5-16-8-11)10-3-2-9(7-13)12(14)6-10/h2-3,6,11H,4-5,7-8H2,1H3. The zero-order valence-corrected chi connectivity index (χ0v) is 11.6. The summed E-state index contributed by atoms with van der Waals surface area (Å²) in [5.74, 6) is 0. The summed E-state index contributed by atoms with van der Waals surface area (Å²) in [4.78, 5) is 2.25. The molecule has 0 aliphatic carbocycles. The first-order chi connectivity index (χ1) is 7.72. The van der Waals surface area contributed by atoms with Gasteiger partial charge in [0.05, 0.1) is 12.6 Å². The minimum absolute atomic E-state index is 0.478. The lowest BCUT2D eigenvalue weighted by atomic mass is 10.1. The van der Waals surface area contributed by atoms with Crippen LogP contribution in [0, 0.1) is 0 Å². The van der Waals surface area contributed by atoms with Crippen LogP contribution >= 0.6 is 27.5 Å². The van der Waals surface area contributed by atoms with Crippen molar-refractivity contribution in [2.45, 2.75) is 17.8 Å². The summed E-state index contributed by atoms with van der Waals surface area (Å²) in [6, 6.07) is 6.68. The molecule has 16 heavy (non-hydrogen) atoms. The molecule has 1 fully saturated rings. The first-order valence-electron chi connectivity index (χ1n) is 5.37. The first kappa shape index (κ1) is 12.2. The van der Waals surface area contributed by atoms with Gasteiger partial charge in [-0.05, 0) is 24.1 Å². The molecular weight excluding hydrogens is 289 g/mol. The van der Waals surface area contributed by atoms with Gasteiger partial charge in [0, 0.05) is 29.7 Å². The van der Waals surface area contributed by atoms with Gasteiger partial charge in [-0.1, -0.05) is 33.6 Å². The highest BCUT2D eigenvalue weighted by Crippen LogP contribution is 2.27. The number of rotatable bonds is 3. The lowest BCUT2D eigenvalue weighted by Gasteiger charge is -2.25. The summed E-state index contributed by atoms with van der Waals surface area (Å²) in [6.45, 7) is 1.68. The summed E-state index contributed by atoms with van der Waals surface area (Å²) in [6.07, 6.45) is 1.09. The van der Waals surface area contributed by atoms with E-state index in [0.29, 0.717) is 6.04 Å². The molecule has 0 spiro atoms. The second-order valence-corrected chi connectivity index (χ2v) is 5.01. The first-order valence-corrected chi connectivity index (χ1v) is 6.87. The van der Waals surface area contributed by atoms with Gasteiger partial charge >= 0.3 is 0 Å². The van der Waals surface area contributed by atoms with Crippen molar-refractivity contribution in [3.05, 3.63) is 28.8 Å². The molecule has 4 heteroatoms. The Balaban J connectivity index is 2.16. The van der Waals surface area contributed by atoms with E-state index in [9.17, 15) is 0 Å². The summed E-state index contributed by atoms with van der Waals surface area (Å²) >= 11 is 9.61. The maximum absolute atomic E-state index is 6.19. The van der Waals surface area contributed by atoms with Gasteiger partial charge < -0.3 is 9.64 Å². The Labute approximate surface area is 110 Å². The van der Waals surface area contributed by atoms with Crippen molar-refractivity contribution < 1.29 is 4.74 Å². The van der Waals surface area contributed by atoms with Crippen molar-refractivity contribution in [1.29, 1.82) is 0 Å². The van der Waals surface area contributed by atoms with E-state index < -0.39 is 0 Å². The van der Waals surface area contributed by atoms with Crippen molar-refractivity contribution in [3.63, 3.8) is 0 Å². The van der Waals surface area contributed by atoms with Crippen LogP contribution in [-0.2, 0) is 10.1 Å². The number of alkyl halides is 1. The molecule has 1 heterocycles. The van der Waals surface area contributed by atoms with E-state index >= 15 is 0 Å². The lowest BCUT2D eigenvalue weighted by Crippen LogP contribution is -2.31. The lowest BCUT2D eigenvalue weighted by molar-refractivity contribution is 0.193. The molecular formula is C12H15BrClNO. The Morgan fingerprint density at radius 3 is 2.94 bits per heavy atom. The van der Waals surface area contributed by atoms with E-state index in [0.717, 1.165) is 41.2 Å². The minimum Gasteiger partial charge on any atom is -0.379 e. The Morgan fingerprint density at radius 2 is 2.38 bits per heavy atom. The Kier molecular flexibility index (Phi) is 4.11. The Morgan fingerprint density at radius 1 is 1.56 bits per heavy atom. The molecule has 1 atom stereocenters. The molecule has 0 saturated carbocycles. The second kappa shape index (κ2) is 5.39. The van der Waals surface area contributed by atoms with Gasteiger partial charge in [0.25, 0.3) is 0 Å². The quantitative estimate of drug-likeness (QED) is 0.793. The van der Waals surface area contributed by atoms with E-state index in [-0.39, 0.29) is 0 Å². The topological polar surface area (TPSA) is 12.5 Å². The molecule has 1 aliphatic heterocycles. The molecule has 1 unspecified atom stereocenters. The third-order valence-electron chi connectivity index (χ3n) is 3.04. The maximum atomic E-state index is 6.19. The minimum atomic E-state index is 0.478. The SMILES string of the molecule is CN(c1ccc(CBr)c(Cl)c1)C1CCOC1. The van der Waals surface area contributed by atoms with E-state index in [4.69, 9.17) is 16.3 Å². The van der Waals surface area contributed by atoms with Crippen molar-refractivity contribution in [2.75, 3.05) is 25.2 Å². The Bertz CT molecular complexity index is 366. The van der Waals surface area contributed by atoms with Crippen LogP contribution < -0.4 is 4.90 Å². The van der Waals surface area contributed by atoms with E-state index in [1.165, 1.54) is 0 Å². The largest absolute Gasteiger partial charge is 0.379 e. The molecule has 1 aromatic carbocycles. The van der Waals surface area contributed by atoms with E-state index in [2.05, 4.69) is 40.0 Å². The number of nitrogens with zero attached hydrogens (tertiary/aromatic N) is 1.